The van der Waals surface area contributed by atoms with Gasteiger partial charge in [0.25, 0.3) is 0 Å². The van der Waals surface area contributed by atoms with Crippen molar-refractivity contribution in [3.63, 3.8) is 0 Å². The van der Waals surface area contributed by atoms with Gasteiger partial charge in [-0.2, -0.15) is 9.61 Å². The maximum atomic E-state index is 11.2. The van der Waals surface area contributed by atoms with Gasteiger partial charge in [0.15, 0.2) is 17.6 Å². The molecule has 21 heavy (non-hydrogen) atoms. The number of carbonyl (C=O) groups excluding carboxylic acids is 1. The van der Waals surface area contributed by atoms with Gasteiger partial charge in [0.1, 0.15) is 0 Å². The summed E-state index contributed by atoms with van der Waals surface area (Å²) in [6, 6.07) is 11.5. The highest BCUT2D eigenvalue weighted by Crippen LogP contribution is 2.23. The number of benzene rings is 1. The lowest BCUT2D eigenvalue weighted by atomic mass is 10.2. The fourth-order valence-electron chi connectivity index (χ4n) is 2.47. The average Bonchev–Trinajstić information content (AvgIpc) is 3.12. The standard InChI is InChI=1S/C14H10N6O/c1-9-12-7-10(8-21)13-15-17-18-20(13)14(12)19(16-9)11-5-3-2-4-6-11/h2-8H,1H3. The van der Waals surface area contributed by atoms with Crippen LogP contribution in [0.2, 0.25) is 0 Å². The fraction of sp³-hybridized carbons (Fsp3) is 0.0714. The Morgan fingerprint density at radius 3 is 2.76 bits per heavy atom. The summed E-state index contributed by atoms with van der Waals surface area (Å²) in [5.74, 6) is 0. The second-order valence-corrected chi connectivity index (χ2v) is 4.70. The van der Waals surface area contributed by atoms with Crippen molar-refractivity contribution in [1.29, 1.82) is 0 Å². The maximum absolute atomic E-state index is 11.2. The minimum atomic E-state index is 0.426. The SMILES string of the molecule is Cc1nn(-c2ccccc2)c2c1cc(C=O)c1nnnn12. The van der Waals surface area contributed by atoms with Crippen LogP contribution in [0.5, 0.6) is 0 Å². The number of hydrogen-bond acceptors (Lipinski definition) is 5. The van der Waals surface area contributed by atoms with E-state index in [1.165, 1.54) is 0 Å². The van der Waals surface area contributed by atoms with Gasteiger partial charge in [-0.25, -0.2) is 4.68 Å². The van der Waals surface area contributed by atoms with E-state index in [9.17, 15) is 4.79 Å². The molecule has 0 radical (unpaired) electrons. The number of rotatable bonds is 2. The van der Waals surface area contributed by atoms with Crippen LogP contribution in [0.15, 0.2) is 36.4 Å². The molecule has 7 nitrogen and oxygen atoms in total. The van der Waals surface area contributed by atoms with Crippen molar-refractivity contribution in [1.82, 2.24) is 29.8 Å². The number of nitrogens with zero attached hydrogens (tertiary/aromatic N) is 6. The van der Waals surface area contributed by atoms with Gasteiger partial charge in [0.2, 0.25) is 0 Å². The van der Waals surface area contributed by atoms with E-state index in [2.05, 4.69) is 20.6 Å². The van der Waals surface area contributed by atoms with Crippen molar-refractivity contribution >= 4 is 23.0 Å². The molecule has 0 fully saturated rings. The smallest absolute Gasteiger partial charge is 0.192 e. The van der Waals surface area contributed by atoms with E-state index in [1.54, 1.807) is 15.3 Å². The molecule has 7 heteroatoms. The molecule has 0 amide bonds. The topological polar surface area (TPSA) is 78.0 Å². The zero-order valence-electron chi connectivity index (χ0n) is 11.1. The quantitative estimate of drug-likeness (QED) is 0.520. The third kappa shape index (κ3) is 1.57. The molecule has 0 saturated heterocycles. The van der Waals surface area contributed by atoms with E-state index in [-0.39, 0.29) is 0 Å². The first-order chi connectivity index (χ1) is 10.3. The van der Waals surface area contributed by atoms with Crippen LogP contribution in [0.4, 0.5) is 0 Å². The van der Waals surface area contributed by atoms with E-state index in [0.717, 1.165) is 28.7 Å². The number of aromatic nitrogens is 6. The summed E-state index contributed by atoms with van der Waals surface area (Å²) in [5.41, 5.74) is 3.34. The predicted molar refractivity (Wildman–Crippen MR) is 75.5 cm³/mol. The lowest BCUT2D eigenvalue weighted by molar-refractivity contribution is 0.112. The minimum Gasteiger partial charge on any atom is -0.298 e. The van der Waals surface area contributed by atoms with E-state index in [4.69, 9.17) is 0 Å². The number of carbonyl (C=O) groups is 1. The first kappa shape index (κ1) is 11.7. The minimum absolute atomic E-state index is 0.426. The van der Waals surface area contributed by atoms with Gasteiger partial charge >= 0.3 is 0 Å². The molecular weight excluding hydrogens is 268 g/mol. The summed E-state index contributed by atoms with van der Waals surface area (Å²) in [7, 11) is 0. The third-order valence-electron chi connectivity index (χ3n) is 3.44. The lowest BCUT2D eigenvalue weighted by Gasteiger charge is -2.04. The third-order valence-corrected chi connectivity index (χ3v) is 3.44. The molecule has 3 heterocycles. The molecule has 0 N–H and O–H groups in total. The van der Waals surface area contributed by atoms with E-state index in [0.29, 0.717) is 11.2 Å². The Kier molecular flexibility index (Phi) is 2.34. The number of aldehydes is 1. The molecule has 1 aromatic carbocycles. The van der Waals surface area contributed by atoms with Crippen molar-refractivity contribution in [2.24, 2.45) is 0 Å². The summed E-state index contributed by atoms with van der Waals surface area (Å²) < 4.78 is 3.33. The van der Waals surface area contributed by atoms with Gasteiger partial charge in [0, 0.05) is 5.39 Å². The molecule has 0 bridgehead atoms. The second-order valence-electron chi connectivity index (χ2n) is 4.70. The molecular formula is C14H10N6O. The van der Waals surface area contributed by atoms with Crippen LogP contribution in [0.1, 0.15) is 16.1 Å². The van der Waals surface area contributed by atoms with Crippen LogP contribution in [0.3, 0.4) is 0 Å². The number of hydrogen-bond donors (Lipinski definition) is 0. The summed E-state index contributed by atoms with van der Waals surface area (Å²) in [6.45, 7) is 1.90. The Bertz CT molecular complexity index is 969. The molecule has 0 spiro atoms. The first-order valence-corrected chi connectivity index (χ1v) is 6.40. The van der Waals surface area contributed by atoms with Gasteiger partial charge in [0.05, 0.1) is 16.9 Å². The molecule has 0 saturated carbocycles. The zero-order valence-corrected chi connectivity index (χ0v) is 11.1. The highest BCUT2D eigenvalue weighted by molar-refractivity contribution is 5.93. The van der Waals surface area contributed by atoms with Gasteiger partial charge in [-0.05, 0) is 35.5 Å². The molecule has 3 aromatic heterocycles. The number of aryl methyl sites for hydroxylation is 1. The highest BCUT2D eigenvalue weighted by Gasteiger charge is 2.17. The van der Waals surface area contributed by atoms with Crippen molar-refractivity contribution in [2.75, 3.05) is 0 Å². The molecule has 0 atom stereocenters. The number of pyridine rings is 1. The van der Waals surface area contributed by atoms with Gasteiger partial charge < -0.3 is 0 Å². The van der Waals surface area contributed by atoms with Crippen LogP contribution in [0.25, 0.3) is 22.4 Å². The number of tetrazole rings is 1. The molecule has 0 aliphatic heterocycles. The Morgan fingerprint density at radius 1 is 1.19 bits per heavy atom. The van der Waals surface area contributed by atoms with Crippen LogP contribution in [-0.4, -0.2) is 36.1 Å². The van der Waals surface area contributed by atoms with E-state index < -0.39 is 0 Å². The molecule has 4 aromatic rings. The molecule has 0 aliphatic carbocycles. The predicted octanol–water partition coefficient (Wildman–Crippen LogP) is 1.58. The van der Waals surface area contributed by atoms with E-state index >= 15 is 0 Å². The Labute approximate surface area is 118 Å². The van der Waals surface area contributed by atoms with Crippen LogP contribution < -0.4 is 0 Å². The van der Waals surface area contributed by atoms with Crippen molar-refractivity contribution < 1.29 is 4.79 Å². The van der Waals surface area contributed by atoms with Crippen molar-refractivity contribution in [2.45, 2.75) is 6.92 Å². The van der Waals surface area contributed by atoms with Gasteiger partial charge in [-0.1, -0.05) is 18.2 Å². The summed E-state index contributed by atoms with van der Waals surface area (Å²) in [6.07, 6.45) is 0.754. The first-order valence-electron chi connectivity index (χ1n) is 6.40. The van der Waals surface area contributed by atoms with Crippen LogP contribution in [0, 0.1) is 6.92 Å². The summed E-state index contributed by atoms with van der Waals surface area (Å²) in [4.78, 5) is 11.2. The largest absolute Gasteiger partial charge is 0.298 e. The molecule has 0 aliphatic rings. The molecule has 4 rings (SSSR count). The number of para-hydroxylation sites is 1. The molecule has 0 unspecified atom stereocenters. The van der Waals surface area contributed by atoms with Crippen LogP contribution in [-0.2, 0) is 0 Å². The Morgan fingerprint density at radius 2 is 2.00 bits per heavy atom. The Hall–Kier alpha value is -3.09. The van der Waals surface area contributed by atoms with E-state index in [1.807, 2.05) is 37.3 Å². The fourth-order valence-corrected chi connectivity index (χ4v) is 2.47. The molecule has 102 valence electrons. The van der Waals surface area contributed by atoms with Crippen molar-refractivity contribution in [3.05, 3.63) is 47.7 Å². The second kappa shape index (κ2) is 4.20. The maximum Gasteiger partial charge on any atom is 0.192 e. The highest BCUT2D eigenvalue weighted by atomic mass is 16.1. The summed E-state index contributed by atoms with van der Waals surface area (Å²) >= 11 is 0. The van der Waals surface area contributed by atoms with Crippen molar-refractivity contribution in [3.8, 4) is 5.69 Å². The normalized spacial score (nSPS) is 11.3. The summed E-state index contributed by atoms with van der Waals surface area (Å²) in [5, 5.41) is 17.0. The monoisotopic (exact) mass is 278 g/mol. The van der Waals surface area contributed by atoms with Crippen LogP contribution >= 0.6 is 0 Å². The van der Waals surface area contributed by atoms with Gasteiger partial charge in [-0.15, -0.1) is 5.10 Å². The lowest BCUT2D eigenvalue weighted by Crippen LogP contribution is -2.02. The zero-order chi connectivity index (χ0) is 14.4. The Balaban J connectivity index is 2.20. The average molecular weight is 278 g/mol. The number of fused-ring (bicyclic) bond motifs is 3. The van der Waals surface area contributed by atoms with Gasteiger partial charge in [-0.3, -0.25) is 4.79 Å².